The van der Waals surface area contributed by atoms with Gasteiger partial charge in [-0.05, 0) is 68.5 Å². The highest BCUT2D eigenvalue weighted by molar-refractivity contribution is 6.07. The van der Waals surface area contributed by atoms with E-state index in [9.17, 15) is 14.4 Å². The molecule has 8 nitrogen and oxygen atoms in total. The van der Waals surface area contributed by atoms with Crippen LogP contribution in [-0.4, -0.2) is 51.2 Å². The monoisotopic (exact) mass is 471 g/mol. The van der Waals surface area contributed by atoms with Gasteiger partial charge in [0.05, 0.1) is 11.4 Å². The lowest BCUT2D eigenvalue weighted by atomic mass is 9.74. The van der Waals surface area contributed by atoms with Crippen molar-refractivity contribution >= 4 is 17.8 Å². The van der Waals surface area contributed by atoms with Crippen LogP contribution in [-0.2, 0) is 11.2 Å². The summed E-state index contributed by atoms with van der Waals surface area (Å²) in [5.74, 6) is -0.372. The molecule has 0 spiro atoms. The molecule has 2 aromatic carbocycles. The van der Waals surface area contributed by atoms with Crippen LogP contribution in [0.3, 0.4) is 0 Å². The molecule has 5 rings (SSSR count). The molecule has 2 fully saturated rings. The van der Waals surface area contributed by atoms with Crippen molar-refractivity contribution in [3.05, 3.63) is 83.2 Å². The third-order valence-corrected chi connectivity index (χ3v) is 7.14. The molecule has 180 valence electrons. The number of rotatable bonds is 5. The SMILES string of the molecule is Cc1cc(C)n(-c2ccc(C(=O)N3CCC([C@]4(Cc5ccccc5)NC(=O)NC4=O)CC3)cc2)n1. The number of hydrogen-bond acceptors (Lipinski definition) is 4. The van der Waals surface area contributed by atoms with Gasteiger partial charge in [0, 0.05) is 30.8 Å². The van der Waals surface area contributed by atoms with E-state index in [1.165, 1.54) is 0 Å². The predicted molar refractivity (Wildman–Crippen MR) is 131 cm³/mol. The van der Waals surface area contributed by atoms with Gasteiger partial charge in [0.15, 0.2) is 0 Å². The number of imide groups is 1. The summed E-state index contributed by atoms with van der Waals surface area (Å²) in [5, 5.41) is 9.86. The summed E-state index contributed by atoms with van der Waals surface area (Å²) in [6.45, 7) is 5.02. The minimum atomic E-state index is -0.991. The second-order valence-electron chi connectivity index (χ2n) is 9.49. The molecule has 0 unspecified atom stereocenters. The lowest BCUT2D eigenvalue weighted by Gasteiger charge is -2.40. The van der Waals surface area contributed by atoms with E-state index in [0.717, 1.165) is 22.6 Å². The number of aromatic nitrogens is 2. The van der Waals surface area contributed by atoms with Gasteiger partial charge in [0.2, 0.25) is 0 Å². The average molecular weight is 472 g/mol. The van der Waals surface area contributed by atoms with E-state index in [4.69, 9.17) is 0 Å². The summed E-state index contributed by atoms with van der Waals surface area (Å²) in [4.78, 5) is 40.1. The topological polar surface area (TPSA) is 96.3 Å². The first-order chi connectivity index (χ1) is 16.9. The van der Waals surface area contributed by atoms with Crippen LogP contribution in [0.15, 0.2) is 60.7 Å². The van der Waals surface area contributed by atoms with Crippen LogP contribution in [0.1, 0.15) is 40.2 Å². The van der Waals surface area contributed by atoms with Crippen LogP contribution in [0, 0.1) is 19.8 Å². The summed E-state index contributed by atoms with van der Waals surface area (Å²) in [6.07, 6.45) is 1.70. The Labute approximate surface area is 204 Å². The van der Waals surface area contributed by atoms with E-state index in [1.54, 1.807) is 0 Å². The van der Waals surface area contributed by atoms with Crippen LogP contribution in [0.4, 0.5) is 4.79 Å². The molecule has 0 radical (unpaired) electrons. The van der Waals surface area contributed by atoms with Crippen molar-refractivity contribution in [1.82, 2.24) is 25.3 Å². The smallest absolute Gasteiger partial charge is 0.322 e. The number of hydrogen-bond donors (Lipinski definition) is 2. The van der Waals surface area contributed by atoms with Crippen molar-refractivity contribution in [3.8, 4) is 5.69 Å². The average Bonchev–Trinajstić information content (AvgIpc) is 3.36. The number of carbonyl (C=O) groups is 3. The molecular formula is C27H29N5O3. The van der Waals surface area contributed by atoms with Gasteiger partial charge in [-0.1, -0.05) is 30.3 Å². The van der Waals surface area contributed by atoms with Crippen molar-refractivity contribution in [3.63, 3.8) is 0 Å². The molecule has 1 atom stereocenters. The van der Waals surface area contributed by atoms with E-state index in [2.05, 4.69) is 15.7 Å². The number of urea groups is 1. The molecule has 2 aliphatic rings. The van der Waals surface area contributed by atoms with Gasteiger partial charge in [-0.2, -0.15) is 5.10 Å². The summed E-state index contributed by atoms with van der Waals surface area (Å²) < 4.78 is 1.86. The fourth-order valence-corrected chi connectivity index (χ4v) is 5.37. The minimum absolute atomic E-state index is 0.0274. The van der Waals surface area contributed by atoms with E-state index < -0.39 is 11.6 Å². The Hall–Kier alpha value is -3.94. The maximum atomic E-state index is 13.2. The van der Waals surface area contributed by atoms with Gasteiger partial charge in [-0.25, -0.2) is 9.48 Å². The van der Waals surface area contributed by atoms with Gasteiger partial charge in [-0.3, -0.25) is 14.9 Å². The molecule has 0 bridgehead atoms. The Kier molecular flexibility index (Phi) is 5.88. The van der Waals surface area contributed by atoms with Crippen molar-refractivity contribution in [2.24, 2.45) is 5.92 Å². The van der Waals surface area contributed by atoms with Gasteiger partial charge >= 0.3 is 6.03 Å². The molecule has 2 saturated heterocycles. The van der Waals surface area contributed by atoms with Crippen molar-refractivity contribution in [2.75, 3.05) is 13.1 Å². The van der Waals surface area contributed by atoms with Crippen LogP contribution < -0.4 is 10.6 Å². The highest BCUT2D eigenvalue weighted by Gasteiger charge is 2.52. The van der Waals surface area contributed by atoms with Crippen molar-refractivity contribution < 1.29 is 14.4 Å². The number of likely N-dealkylation sites (tertiary alicyclic amines) is 1. The Morgan fingerprint density at radius 3 is 2.29 bits per heavy atom. The summed E-state index contributed by atoms with van der Waals surface area (Å²) in [7, 11) is 0. The molecule has 3 aromatic rings. The minimum Gasteiger partial charge on any atom is -0.339 e. The first-order valence-corrected chi connectivity index (χ1v) is 12.0. The Balaban J connectivity index is 1.28. The maximum Gasteiger partial charge on any atom is 0.322 e. The van der Waals surface area contributed by atoms with E-state index in [-0.39, 0.29) is 17.7 Å². The van der Waals surface area contributed by atoms with E-state index in [0.29, 0.717) is 37.9 Å². The molecule has 2 N–H and O–H groups in total. The highest BCUT2D eigenvalue weighted by Crippen LogP contribution is 2.34. The number of aryl methyl sites for hydroxylation is 2. The van der Waals surface area contributed by atoms with Crippen LogP contribution in [0.25, 0.3) is 5.69 Å². The predicted octanol–water partition coefficient (Wildman–Crippen LogP) is 3.16. The first kappa shape index (κ1) is 22.8. The van der Waals surface area contributed by atoms with E-state index in [1.807, 2.05) is 84.1 Å². The number of benzene rings is 2. The molecule has 3 heterocycles. The molecule has 0 aliphatic carbocycles. The van der Waals surface area contributed by atoms with Gasteiger partial charge in [-0.15, -0.1) is 0 Å². The highest BCUT2D eigenvalue weighted by atomic mass is 16.2. The third kappa shape index (κ3) is 4.32. The number of nitrogens with one attached hydrogen (secondary N) is 2. The second kappa shape index (κ2) is 9.02. The summed E-state index contributed by atoms with van der Waals surface area (Å²) >= 11 is 0. The molecule has 1 aromatic heterocycles. The van der Waals surface area contributed by atoms with Crippen molar-refractivity contribution in [2.45, 2.75) is 38.6 Å². The van der Waals surface area contributed by atoms with E-state index >= 15 is 0 Å². The Morgan fingerprint density at radius 2 is 1.71 bits per heavy atom. The molecular weight excluding hydrogens is 442 g/mol. The zero-order valence-electron chi connectivity index (χ0n) is 20.0. The molecule has 0 saturated carbocycles. The summed E-state index contributed by atoms with van der Waals surface area (Å²) in [5.41, 5.74) is 3.52. The van der Waals surface area contributed by atoms with Gasteiger partial charge in [0.25, 0.3) is 11.8 Å². The van der Waals surface area contributed by atoms with Gasteiger partial charge < -0.3 is 10.2 Å². The molecule has 2 aliphatic heterocycles. The quantitative estimate of drug-likeness (QED) is 0.559. The number of nitrogens with zero attached hydrogens (tertiary/aromatic N) is 3. The zero-order valence-corrected chi connectivity index (χ0v) is 20.0. The fourth-order valence-electron chi connectivity index (χ4n) is 5.37. The number of piperidine rings is 1. The standard InChI is InChI=1S/C27H29N5O3/c1-18-16-19(2)32(30-18)23-10-8-21(9-11-23)24(33)31-14-12-22(13-15-31)27(25(34)28-26(35)29-27)17-20-6-4-3-5-7-20/h3-11,16,22H,12-15,17H2,1-2H3,(H2,28,29,34,35)/t27-/m0/s1. The molecule has 35 heavy (non-hydrogen) atoms. The van der Waals surface area contributed by atoms with Crippen LogP contribution >= 0.6 is 0 Å². The van der Waals surface area contributed by atoms with Gasteiger partial charge in [0.1, 0.15) is 5.54 Å². The first-order valence-electron chi connectivity index (χ1n) is 12.0. The number of amides is 4. The number of carbonyl (C=O) groups excluding carboxylic acids is 3. The third-order valence-electron chi connectivity index (χ3n) is 7.14. The van der Waals surface area contributed by atoms with Crippen LogP contribution in [0.2, 0.25) is 0 Å². The maximum absolute atomic E-state index is 13.2. The lowest BCUT2D eigenvalue weighted by Crippen LogP contribution is -2.57. The molecule has 8 heteroatoms. The normalized spacial score (nSPS) is 20.6. The van der Waals surface area contributed by atoms with Crippen LogP contribution in [0.5, 0.6) is 0 Å². The second-order valence-corrected chi connectivity index (χ2v) is 9.49. The van der Waals surface area contributed by atoms with Crippen molar-refractivity contribution in [1.29, 1.82) is 0 Å². The fraction of sp³-hybridized carbons (Fsp3) is 0.333. The Bertz CT molecular complexity index is 1260. The molecule has 4 amide bonds. The largest absolute Gasteiger partial charge is 0.339 e. The Morgan fingerprint density at radius 1 is 1.03 bits per heavy atom. The lowest BCUT2D eigenvalue weighted by molar-refractivity contribution is -0.126. The summed E-state index contributed by atoms with van der Waals surface area (Å²) in [6, 6.07) is 18.8. The zero-order chi connectivity index (χ0) is 24.6.